The van der Waals surface area contributed by atoms with Gasteiger partial charge in [0.2, 0.25) is 0 Å². The third kappa shape index (κ3) is 1.93. The SMILES string of the molecule is C=C/C(C(=O)NCC)=c1/[nH]ccc1=C. The molecule has 0 spiro atoms. The van der Waals surface area contributed by atoms with Crippen LogP contribution in [0.4, 0.5) is 0 Å². The molecule has 1 aromatic heterocycles. The van der Waals surface area contributed by atoms with Gasteiger partial charge in [-0.3, -0.25) is 4.79 Å². The summed E-state index contributed by atoms with van der Waals surface area (Å²) in [6, 6.07) is 1.82. The molecule has 74 valence electrons. The van der Waals surface area contributed by atoms with Crippen LogP contribution in [0.3, 0.4) is 0 Å². The van der Waals surface area contributed by atoms with Crippen molar-refractivity contribution in [2.75, 3.05) is 6.54 Å². The number of aromatic amines is 1. The van der Waals surface area contributed by atoms with Crippen LogP contribution in [0.15, 0.2) is 24.9 Å². The summed E-state index contributed by atoms with van der Waals surface area (Å²) in [5.74, 6) is -0.130. The summed E-state index contributed by atoms with van der Waals surface area (Å²) in [7, 11) is 0. The molecule has 0 radical (unpaired) electrons. The molecule has 0 fully saturated rings. The van der Waals surface area contributed by atoms with E-state index in [1.807, 2.05) is 13.0 Å². The van der Waals surface area contributed by atoms with E-state index in [1.165, 1.54) is 6.08 Å². The van der Waals surface area contributed by atoms with E-state index in [-0.39, 0.29) is 5.91 Å². The second-order valence-electron chi connectivity index (χ2n) is 2.86. The summed E-state index contributed by atoms with van der Waals surface area (Å²) in [6.45, 7) is 9.90. The molecular weight excluding hydrogens is 176 g/mol. The van der Waals surface area contributed by atoms with Crippen molar-refractivity contribution in [3.8, 4) is 0 Å². The molecule has 0 bridgehead atoms. The molecule has 2 N–H and O–H groups in total. The number of hydrogen-bond acceptors (Lipinski definition) is 1. The predicted molar refractivity (Wildman–Crippen MR) is 57.9 cm³/mol. The second-order valence-corrected chi connectivity index (χ2v) is 2.86. The van der Waals surface area contributed by atoms with Crippen molar-refractivity contribution in [1.82, 2.24) is 10.3 Å². The first-order valence-electron chi connectivity index (χ1n) is 4.48. The Kier molecular flexibility index (Phi) is 3.29. The highest BCUT2D eigenvalue weighted by molar-refractivity contribution is 6.16. The highest BCUT2D eigenvalue weighted by Crippen LogP contribution is 1.91. The van der Waals surface area contributed by atoms with Crippen LogP contribution in [0.2, 0.25) is 0 Å². The number of rotatable bonds is 3. The summed E-state index contributed by atoms with van der Waals surface area (Å²) in [5, 5.41) is 4.24. The van der Waals surface area contributed by atoms with Crippen molar-refractivity contribution in [1.29, 1.82) is 0 Å². The van der Waals surface area contributed by atoms with Gasteiger partial charge in [-0.25, -0.2) is 0 Å². The molecule has 1 rings (SSSR count). The largest absolute Gasteiger partial charge is 0.361 e. The molecule has 0 atom stereocenters. The molecule has 1 heterocycles. The van der Waals surface area contributed by atoms with Gasteiger partial charge in [-0.2, -0.15) is 0 Å². The molecule has 1 amide bonds. The van der Waals surface area contributed by atoms with Crippen LogP contribution in [0.25, 0.3) is 12.2 Å². The molecule has 0 saturated carbocycles. The average molecular weight is 190 g/mol. The number of hydrogen-bond donors (Lipinski definition) is 2. The molecule has 1 aromatic rings. The number of aromatic nitrogens is 1. The van der Waals surface area contributed by atoms with Crippen LogP contribution in [0.5, 0.6) is 0 Å². The fourth-order valence-electron chi connectivity index (χ4n) is 1.22. The molecule has 0 aliphatic carbocycles. The lowest BCUT2D eigenvalue weighted by molar-refractivity contribution is -0.115. The Balaban J connectivity index is 3.28. The lowest BCUT2D eigenvalue weighted by Crippen LogP contribution is -2.32. The van der Waals surface area contributed by atoms with E-state index in [2.05, 4.69) is 23.5 Å². The predicted octanol–water partition coefficient (Wildman–Crippen LogP) is -0.102. The summed E-state index contributed by atoms with van der Waals surface area (Å²) >= 11 is 0. The van der Waals surface area contributed by atoms with Crippen molar-refractivity contribution >= 4 is 18.1 Å². The molecular formula is C11H14N2O. The van der Waals surface area contributed by atoms with Crippen LogP contribution < -0.4 is 15.9 Å². The minimum Gasteiger partial charge on any atom is -0.361 e. The zero-order chi connectivity index (χ0) is 10.6. The smallest absolute Gasteiger partial charge is 0.253 e. The quantitative estimate of drug-likeness (QED) is 0.686. The Labute approximate surface area is 82.8 Å². The Morgan fingerprint density at radius 3 is 2.86 bits per heavy atom. The molecule has 3 nitrogen and oxygen atoms in total. The fraction of sp³-hybridized carbons (Fsp3) is 0.182. The third-order valence-corrected chi connectivity index (χ3v) is 1.89. The van der Waals surface area contributed by atoms with Crippen molar-refractivity contribution in [2.45, 2.75) is 6.92 Å². The summed E-state index contributed by atoms with van der Waals surface area (Å²) in [4.78, 5) is 14.5. The summed E-state index contributed by atoms with van der Waals surface area (Å²) in [6.07, 6.45) is 3.28. The molecule has 3 heteroatoms. The zero-order valence-electron chi connectivity index (χ0n) is 8.26. The standard InChI is InChI=1S/C11H14N2O/c1-4-9(11(14)12-5-2)10-8(3)6-7-13-10/h4,6-7,13H,1,3,5H2,2H3,(H,12,14)/b10-9-. The lowest BCUT2D eigenvalue weighted by Gasteiger charge is -2.00. The van der Waals surface area contributed by atoms with E-state index in [4.69, 9.17) is 0 Å². The molecule has 14 heavy (non-hydrogen) atoms. The third-order valence-electron chi connectivity index (χ3n) is 1.89. The maximum absolute atomic E-state index is 11.6. The van der Waals surface area contributed by atoms with Crippen LogP contribution >= 0.6 is 0 Å². The fourth-order valence-corrected chi connectivity index (χ4v) is 1.22. The highest BCUT2D eigenvalue weighted by Gasteiger charge is 2.05. The molecule has 0 aromatic carbocycles. The van der Waals surface area contributed by atoms with Gasteiger partial charge in [0.05, 0.1) is 10.9 Å². The van der Waals surface area contributed by atoms with Gasteiger partial charge in [0, 0.05) is 12.7 Å². The number of amides is 1. The van der Waals surface area contributed by atoms with Gasteiger partial charge >= 0.3 is 0 Å². The van der Waals surface area contributed by atoms with Crippen molar-refractivity contribution in [2.24, 2.45) is 0 Å². The van der Waals surface area contributed by atoms with E-state index >= 15 is 0 Å². The first kappa shape index (κ1) is 10.3. The van der Waals surface area contributed by atoms with Gasteiger partial charge in [0.15, 0.2) is 0 Å². The molecule has 0 aliphatic rings. The number of carbonyl (C=O) groups excluding carboxylic acids is 1. The van der Waals surface area contributed by atoms with E-state index in [9.17, 15) is 4.79 Å². The number of carbonyl (C=O) groups is 1. The van der Waals surface area contributed by atoms with Crippen LogP contribution in [0, 0.1) is 0 Å². The van der Waals surface area contributed by atoms with E-state index in [1.54, 1.807) is 6.20 Å². The highest BCUT2D eigenvalue weighted by atomic mass is 16.1. The van der Waals surface area contributed by atoms with E-state index in [0.29, 0.717) is 12.1 Å². The molecule has 0 unspecified atom stereocenters. The van der Waals surface area contributed by atoms with Crippen molar-refractivity contribution < 1.29 is 4.79 Å². The Morgan fingerprint density at radius 2 is 2.43 bits per heavy atom. The van der Waals surface area contributed by atoms with Gasteiger partial charge in [-0.05, 0) is 18.2 Å². The van der Waals surface area contributed by atoms with E-state index in [0.717, 1.165) is 10.6 Å². The zero-order valence-corrected chi connectivity index (χ0v) is 8.26. The molecule has 0 saturated heterocycles. The minimum atomic E-state index is -0.130. The average Bonchev–Trinajstić information content (AvgIpc) is 2.54. The molecule has 0 aliphatic heterocycles. The normalized spacial score (nSPS) is 12.1. The Morgan fingerprint density at radius 1 is 1.71 bits per heavy atom. The summed E-state index contributed by atoms with van der Waals surface area (Å²) < 4.78 is 0. The van der Waals surface area contributed by atoms with Gasteiger partial charge in [0.25, 0.3) is 5.91 Å². The van der Waals surface area contributed by atoms with E-state index < -0.39 is 0 Å². The minimum absolute atomic E-state index is 0.130. The summed E-state index contributed by atoms with van der Waals surface area (Å²) in [5.41, 5.74) is 0.529. The van der Waals surface area contributed by atoms with Gasteiger partial charge in [-0.1, -0.05) is 19.2 Å². The van der Waals surface area contributed by atoms with Crippen LogP contribution in [0.1, 0.15) is 6.92 Å². The lowest BCUT2D eigenvalue weighted by atomic mass is 10.2. The van der Waals surface area contributed by atoms with Crippen molar-refractivity contribution in [3.05, 3.63) is 35.5 Å². The van der Waals surface area contributed by atoms with Gasteiger partial charge in [-0.15, -0.1) is 0 Å². The van der Waals surface area contributed by atoms with Gasteiger partial charge in [0.1, 0.15) is 0 Å². The number of H-pyrrole nitrogens is 1. The number of nitrogens with one attached hydrogen (secondary N) is 2. The van der Waals surface area contributed by atoms with Crippen LogP contribution in [-0.4, -0.2) is 17.4 Å². The second kappa shape index (κ2) is 4.46. The first-order valence-corrected chi connectivity index (χ1v) is 4.48. The van der Waals surface area contributed by atoms with Gasteiger partial charge < -0.3 is 10.3 Å². The monoisotopic (exact) mass is 190 g/mol. The van der Waals surface area contributed by atoms with Crippen LogP contribution in [-0.2, 0) is 4.79 Å². The maximum Gasteiger partial charge on any atom is 0.253 e. The Bertz CT molecular complexity index is 442. The maximum atomic E-state index is 11.6. The first-order chi connectivity index (χ1) is 6.70. The van der Waals surface area contributed by atoms with Crippen molar-refractivity contribution in [3.63, 3.8) is 0 Å². The topological polar surface area (TPSA) is 44.9 Å². The Hall–Kier alpha value is -1.77.